The molecule has 1 aliphatic heterocycles. The number of nitrogens with one attached hydrogen (secondary N) is 1. The van der Waals surface area contributed by atoms with Crippen LogP contribution in [0.3, 0.4) is 0 Å². The fraction of sp³-hybridized carbons (Fsp3) is 0.385. The van der Waals surface area contributed by atoms with Crippen LogP contribution in [-0.4, -0.2) is 11.8 Å². The highest BCUT2D eigenvalue weighted by atomic mass is 32.2. The molecule has 0 radical (unpaired) electrons. The van der Waals surface area contributed by atoms with Gasteiger partial charge in [0.1, 0.15) is 5.58 Å². The maximum absolute atomic E-state index is 5.58. The van der Waals surface area contributed by atoms with Crippen LogP contribution in [0.4, 0.5) is 0 Å². The lowest BCUT2D eigenvalue weighted by molar-refractivity contribution is 0.508. The van der Waals surface area contributed by atoms with Gasteiger partial charge in [0.2, 0.25) is 0 Å². The predicted octanol–water partition coefficient (Wildman–Crippen LogP) is 3.55. The quantitative estimate of drug-likeness (QED) is 0.815. The molecule has 1 aromatic heterocycles. The Kier molecular flexibility index (Phi) is 2.65. The molecule has 1 aliphatic rings. The molecule has 1 N–H and O–H groups in total. The summed E-state index contributed by atoms with van der Waals surface area (Å²) in [5, 5.41) is 5.23. The van der Waals surface area contributed by atoms with Crippen LogP contribution in [0.2, 0.25) is 0 Å². The van der Waals surface area contributed by atoms with Crippen LogP contribution in [0.25, 0.3) is 11.0 Å². The van der Waals surface area contributed by atoms with Gasteiger partial charge in [0, 0.05) is 17.0 Å². The van der Waals surface area contributed by atoms with Gasteiger partial charge in [-0.2, -0.15) is 0 Å². The van der Waals surface area contributed by atoms with Gasteiger partial charge in [-0.05, 0) is 25.2 Å². The van der Waals surface area contributed by atoms with Gasteiger partial charge in [-0.1, -0.05) is 18.2 Å². The van der Waals surface area contributed by atoms with Gasteiger partial charge < -0.3 is 4.42 Å². The number of furan rings is 1. The number of thioether (sulfide) groups is 1. The number of hydrogen-bond acceptors (Lipinski definition) is 3. The van der Waals surface area contributed by atoms with Crippen molar-refractivity contribution in [3.8, 4) is 0 Å². The van der Waals surface area contributed by atoms with E-state index in [1.54, 1.807) is 0 Å². The van der Waals surface area contributed by atoms with Crippen molar-refractivity contribution in [2.24, 2.45) is 0 Å². The highest BCUT2D eigenvalue weighted by molar-refractivity contribution is 7.99. The maximum atomic E-state index is 5.58. The zero-order valence-corrected chi connectivity index (χ0v) is 10.1. The van der Waals surface area contributed by atoms with Gasteiger partial charge in [0.25, 0.3) is 0 Å². The summed E-state index contributed by atoms with van der Waals surface area (Å²) in [6.07, 6.45) is 3.14. The number of rotatable bonds is 1. The minimum atomic E-state index is 0.382. The molecule has 0 bridgehead atoms. The molecule has 2 atom stereocenters. The Morgan fingerprint density at radius 3 is 3.12 bits per heavy atom. The molecular formula is C13H15NOS. The Bertz CT molecular complexity index is 493. The van der Waals surface area contributed by atoms with E-state index in [0.717, 1.165) is 5.58 Å². The molecule has 1 saturated heterocycles. The Balaban J connectivity index is 1.99. The van der Waals surface area contributed by atoms with Crippen molar-refractivity contribution in [2.75, 3.05) is 5.75 Å². The first-order valence-electron chi connectivity index (χ1n) is 5.68. The van der Waals surface area contributed by atoms with E-state index in [0.29, 0.717) is 11.4 Å². The Morgan fingerprint density at radius 2 is 2.25 bits per heavy atom. The summed E-state index contributed by atoms with van der Waals surface area (Å²) in [5.74, 6) is 1.22. The van der Waals surface area contributed by atoms with Crippen LogP contribution in [0.15, 0.2) is 34.9 Å². The van der Waals surface area contributed by atoms with Crippen LogP contribution >= 0.6 is 11.8 Å². The van der Waals surface area contributed by atoms with Gasteiger partial charge in [0.15, 0.2) is 0 Å². The summed E-state index contributed by atoms with van der Waals surface area (Å²) in [6.45, 7) is 2.25. The average Bonchev–Trinajstić information content (AvgIpc) is 2.72. The van der Waals surface area contributed by atoms with E-state index in [9.17, 15) is 0 Å². The SMILES string of the molecule is CC1CCSC(c2coc3ccccc23)N1. The highest BCUT2D eigenvalue weighted by Crippen LogP contribution is 2.36. The molecule has 2 aromatic rings. The lowest BCUT2D eigenvalue weighted by Gasteiger charge is -2.27. The molecule has 3 rings (SSSR count). The van der Waals surface area contributed by atoms with Crippen molar-refractivity contribution in [3.05, 3.63) is 36.1 Å². The van der Waals surface area contributed by atoms with Crippen molar-refractivity contribution < 1.29 is 4.42 Å². The molecule has 0 spiro atoms. The lowest BCUT2D eigenvalue weighted by atomic mass is 10.1. The fourth-order valence-electron chi connectivity index (χ4n) is 2.13. The van der Waals surface area contributed by atoms with Gasteiger partial charge >= 0.3 is 0 Å². The Hall–Kier alpha value is -0.930. The minimum Gasteiger partial charge on any atom is -0.464 e. The standard InChI is InChI=1S/C13H15NOS/c1-9-6-7-16-13(14-9)11-8-15-12-5-3-2-4-10(11)12/h2-5,8-9,13-14H,6-7H2,1H3. The molecule has 0 aliphatic carbocycles. The molecule has 1 aromatic carbocycles. The first-order chi connectivity index (χ1) is 7.84. The van der Waals surface area contributed by atoms with E-state index in [-0.39, 0.29) is 0 Å². The molecule has 2 nitrogen and oxygen atoms in total. The van der Waals surface area contributed by atoms with Gasteiger partial charge in [0.05, 0.1) is 11.6 Å². The molecule has 0 amide bonds. The number of benzene rings is 1. The summed E-state index contributed by atoms with van der Waals surface area (Å²) in [4.78, 5) is 0. The van der Waals surface area contributed by atoms with Crippen LogP contribution in [0.5, 0.6) is 0 Å². The van der Waals surface area contributed by atoms with Gasteiger partial charge in [-0.25, -0.2) is 0 Å². The molecule has 2 heterocycles. The second-order valence-corrected chi connectivity index (χ2v) is 5.51. The molecule has 0 saturated carbocycles. The number of hydrogen-bond donors (Lipinski definition) is 1. The van der Waals surface area contributed by atoms with Gasteiger partial charge in [-0.3, -0.25) is 5.32 Å². The average molecular weight is 233 g/mol. The summed E-state index contributed by atoms with van der Waals surface area (Å²) in [7, 11) is 0. The third-order valence-corrected chi connectivity index (χ3v) is 4.26. The summed E-state index contributed by atoms with van der Waals surface area (Å²) >= 11 is 1.97. The van der Waals surface area contributed by atoms with E-state index in [2.05, 4.69) is 24.4 Å². The molecule has 16 heavy (non-hydrogen) atoms. The van der Waals surface area contributed by atoms with E-state index >= 15 is 0 Å². The van der Waals surface area contributed by atoms with E-state index in [1.807, 2.05) is 30.2 Å². The topological polar surface area (TPSA) is 25.2 Å². The van der Waals surface area contributed by atoms with Crippen molar-refractivity contribution in [3.63, 3.8) is 0 Å². The highest BCUT2D eigenvalue weighted by Gasteiger charge is 2.22. The van der Waals surface area contributed by atoms with Crippen molar-refractivity contribution in [2.45, 2.75) is 24.8 Å². The second kappa shape index (κ2) is 4.15. The second-order valence-electron chi connectivity index (χ2n) is 4.29. The maximum Gasteiger partial charge on any atom is 0.134 e. The number of fused-ring (bicyclic) bond motifs is 1. The van der Waals surface area contributed by atoms with Crippen molar-refractivity contribution in [1.82, 2.24) is 5.32 Å². The Labute approximate surface area is 99.4 Å². The van der Waals surface area contributed by atoms with Gasteiger partial charge in [-0.15, -0.1) is 11.8 Å². The number of para-hydroxylation sites is 1. The van der Waals surface area contributed by atoms with Crippen LogP contribution in [0, 0.1) is 0 Å². The minimum absolute atomic E-state index is 0.382. The molecule has 2 unspecified atom stereocenters. The smallest absolute Gasteiger partial charge is 0.134 e. The van der Waals surface area contributed by atoms with Crippen LogP contribution < -0.4 is 5.32 Å². The first kappa shape index (κ1) is 10.2. The molecule has 3 heteroatoms. The molecule has 84 valence electrons. The largest absolute Gasteiger partial charge is 0.464 e. The van der Waals surface area contributed by atoms with Crippen LogP contribution in [0.1, 0.15) is 24.3 Å². The Morgan fingerprint density at radius 1 is 1.38 bits per heavy atom. The monoisotopic (exact) mass is 233 g/mol. The zero-order valence-electron chi connectivity index (χ0n) is 9.27. The third kappa shape index (κ3) is 1.74. The summed E-state index contributed by atoms with van der Waals surface area (Å²) < 4.78 is 5.58. The molecule has 1 fully saturated rings. The summed E-state index contributed by atoms with van der Waals surface area (Å²) in [6, 6.07) is 8.84. The van der Waals surface area contributed by atoms with Crippen molar-refractivity contribution in [1.29, 1.82) is 0 Å². The van der Waals surface area contributed by atoms with E-state index < -0.39 is 0 Å². The van der Waals surface area contributed by atoms with Crippen LogP contribution in [-0.2, 0) is 0 Å². The normalized spacial score (nSPS) is 26.1. The third-order valence-electron chi connectivity index (χ3n) is 3.06. The zero-order chi connectivity index (χ0) is 11.0. The van der Waals surface area contributed by atoms with E-state index in [1.165, 1.54) is 23.1 Å². The van der Waals surface area contributed by atoms with Crippen molar-refractivity contribution >= 4 is 22.7 Å². The fourth-order valence-corrected chi connectivity index (χ4v) is 3.55. The molecular weight excluding hydrogens is 218 g/mol. The lowest BCUT2D eigenvalue weighted by Crippen LogP contribution is -2.33. The van der Waals surface area contributed by atoms with E-state index in [4.69, 9.17) is 4.42 Å². The predicted molar refractivity (Wildman–Crippen MR) is 68.6 cm³/mol. The first-order valence-corrected chi connectivity index (χ1v) is 6.73. The summed E-state index contributed by atoms with van der Waals surface area (Å²) in [5.41, 5.74) is 2.27.